The van der Waals surface area contributed by atoms with Gasteiger partial charge in [0, 0.05) is 6.07 Å². The number of aryl methyl sites for hydroxylation is 1. The fraction of sp³-hybridized carbons (Fsp3) is 0.105. The smallest absolute Gasteiger partial charge is 0.413 e. The first-order valence-corrected chi connectivity index (χ1v) is 7.91. The summed E-state index contributed by atoms with van der Waals surface area (Å²) in [5.74, 6) is -0.570. The molecular formula is C19H17N3O4. The molecule has 0 spiro atoms. The number of carboxylic acids is 1. The molecule has 1 amide bonds. The lowest BCUT2D eigenvalue weighted by molar-refractivity contribution is 0.0697. The monoisotopic (exact) mass is 351 g/mol. The topological polar surface area (TPSA) is 93.5 Å². The molecule has 132 valence electrons. The zero-order valence-corrected chi connectivity index (χ0v) is 14.0. The van der Waals surface area contributed by atoms with Crippen LogP contribution in [0.3, 0.4) is 0 Å². The number of ether oxygens (including phenoxy) is 1. The number of rotatable bonds is 5. The van der Waals surface area contributed by atoms with Gasteiger partial charge in [0.25, 0.3) is 0 Å². The second-order valence-corrected chi connectivity index (χ2v) is 5.62. The Labute approximate surface area is 149 Å². The highest BCUT2D eigenvalue weighted by Gasteiger charge is 2.12. The minimum absolute atomic E-state index is 0.160. The van der Waals surface area contributed by atoms with Gasteiger partial charge in [0.15, 0.2) is 0 Å². The summed E-state index contributed by atoms with van der Waals surface area (Å²) in [4.78, 5) is 23.0. The lowest BCUT2D eigenvalue weighted by atomic mass is 10.2. The molecule has 3 aromatic rings. The third-order valence-electron chi connectivity index (χ3n) is 3.63. The van der Waals surface area contributed by atoms with Crippen LogP contribution in [0.4, 0.5) is 10.6 Å². The number of hydrogen-bond acceptors (Lipinski definition) is 4. The lowest BCUT2D eigenvalue weighted by Gasteiger charge is -2.10. The molecule has 0 atom stereocenters. The van der Waals surface area contributed by atoms with Gasteiger partial charge in [-0.1, -0.05) is 30.3 Å². The Balaban J connectivity index is 1.72. The van der Waals surface area contributed by atoms with Crippen molar-refractivity contribution >= 4 is 17.9 Å². The predicted molar refractivity (Wildman–Crippen MR) is 95.5 cm³/mol. The number of nitrogens with zero attached hydrogens (tertiary/aromatic N) is 2. The summed E-state index contributed by atoms with van der Waals surface area (Å²) >= 11 is 0. The molecule has 0 fully saturated rings. The van der Waals surface area contributed by atoms with E-state index in [0.29, 0.717) is 17.2 Å². The standard InChI is InChI=1S/C19H17N3O4/c1-13-11-17(20-19(25)26-12-14-5-3-2-4-6-14)22(21-13)16-9-7-15(8-10-16)18(23)24/h2-11H,12H2,1H3,(H,20,25)(H,23,24). The van der Waals surface area contributed by atoms with Crippen LogP contribution in [0.1, 0.15) is 21.6 Å². The first-order chi connectivity index (χ1) is 12.5. The summed E-state index contributed by atoms with van der Waals surface area (Å²) in [5, 5.41) is 16.0. The number of carbonyl (C=O) groups excluding carboxylic acids is 1. The highest BCUT2D eigenvalue weighted by molar-refractivity contribution is 5.88. The lowest BCUT2D eigenvalue weighted by Crippen LogP contribution is -2.16. The van der Waals surface area contributed by atoms with Gasteiger partial charge >= 0.3 is 12.1 Å². The van der Waals surface area contributed by atoms with Gasteiger partial charge in [0.2, 0.25) is 0 Å². The third kappa shape index (κ3) is 4.07. The highest BCUT2D eigenvalue weighted by atomic mass is 16.5. The Morgan fingerprint density at radius 3 is 2.46 bits per heavy atom. The number of anilines is 1. The fourth-order valence-electron chi connectivity index (χ4n) is 2.39. The fourth-order valence-corrected chi connectivity index (χ4v) is 2.39. The molecule has 7 nitrogen and oxygen atoms in total. The highest BCUT2D eigenvalue weighted by Crippen LogP contribution is 2.18. The maximum absolute atomic E-state index is 12.1. The molecule has 26 heavy (non-hydrogen) atoms. The molecule has 2 aromatic carbocycles. The van der Waals surface area contributed by atoms with E-state index in [1.54, 1.807) is 25.1 Å². The van der Waals surface area contributed by atoms with Crippen molar-refractivity contribution < 1.29 is 19.4 Å². The van der Waals surface area contributed by atoms with Gasteiger partial charge in [-0.2, -0.15) is 5.10 Å². The van der Waals surface area contributed by atoms with Crippen molar-refractivity contribution in [3.63, 3.8) is 0 Å². The van der Waals surface area contributed by atoms with Gasteiger partial charge in [0.05, 0.1) is 16.9 Å². The van der Waals surface area contributed by atoms with Gasteiger partial charge in [-0.05, 0) is 36.8 Å². The number of carboxylic acid groups (broad SMARTS) is 1. The van der Waals surface area contributed by atoms with Crippen molar-refractivity contribution in [2.45, 2.75) is 13.5 Å². The predicted octanol–water partition coefficient (Wildman–Crippen LogP) is 3.63. The Morgan fingerprint density at radius 2 is 1.81 bits per heavy atom. The molecule has 0 aliphatic rings. The number of hydrogen-bond donors (Lipinski definition) is 2. The van der Waals surface area contributed by atoms with Crippen LogP contribution in [0.25, 0.3) is 5.69 Å². The number of carbonyl (C=O) groups is 2. The van der Waals surface area contributed by atoms with Crippen LogP contribution in [0, 0.1) is 6.92 Å². The van der Waals surface area contributed by atoms with Gasteiger partial charge < -0.3 is 9.84 Å². The number of amides is 1. The van der Waals surface area contributed by atoms with E-state index in [2.05, 4.69) is 10.4 Å². The molecule has 0 radical (unpaired) electrons. The average molecular weight is 351 g/mol. The van der Waals surface area contributed by atoms with Crippen LogP contribution < -0.4 is 5.32 Å². The van der Waals surface area contributed by atoms with Crippen molar-refractivity contribution in [2.24, 2.45) is 0 Å². The number of aromatic carboxylic acids is 1. The molecule has 2 N–H and O–H groups in total. The average Bonchev–Trinajstić information content (AvgIpc) is 3.01. The van der Waals surface area contributed by atoms with Crippen LogP contribution in [-0.4, -0.2) is 26.9 Å². The van der Waals surface area contributed by atoms with Gasteiger partial charge in [-0.3, -0.25) is 5.32 Å². The molecule has 7 heteroatoms. The summed E-state index contributed by atoms with van der Waals surface area (Å²) in [7, 11) is 0. The maximum Gasteiger partial charge on any atom is 0.413 e. The van der Waals surface area contributed by atoms with Gasteiger partial charge in [0.1, 0.15) is 12.4 Å². The molecule has 1 heterocycles. The van der Waals surface area contributed by atoms with E-state index in [1.807, 2.05) is 30.3 Å². The summed E-state index contributed by atoms with van der Waals surface area (Å²) in [6.07, 6.45) is -0.600. The van der Waals surface area contributed by atoms with E-state index in [0.717, 1.165) is 5.56 Å². The normalized spacial score (nSPS) is 10.3. The molecular weight excluding hydrogens is 334 g/mol. The van der Waals surface area contributed by atoms with Gasteiger partial charge in [-0.15, -0.1) is 0 Å². The number of benzene rings is 2. The minimum Gasteiger partial charge on any atom is -0.478 e. The quantitative estimate of drug-likeness (QED) is 0.732. The maximum atomic E-state index is 12.1. The van der Waals surface area contributed by atoms with Crippen molar-refractivity contribution in [3.8, 4) is 5.69 Å². The van der Waals surface area contributed by atoms with Crippen molar-refractivity contribution in [1.29, 1.82) is 0 Å². The Bertz CT molecular complexity index is 918. The molecule has 0 aliphatic carbocycles. The van der Waals surface area contributed by atoms with E-state index in [4.69, 9.17) is 9.84 Å². The molecule has 0 unspecified atom stereocenters. The summed E-state index contributed by atoms with van der Waals surface area (Å²) < 4.78 is 6.73. The SMILES string of the molecule is Cc1cc(NC(=O)OCc2ccccc2)n(-c2ccc(C(=O)O)cc2)n1. The van der Waals surface area contributed by atoms with E-state index >= 15 is 0 Å². The largest absolute Gasteiger partial charge is 0.478 e. The van der Waals surface area contributed by atoms with E-state index in [9.17, 15) is 9.59 Å². The van der Waals surface area contributed by atoms with Gasteiger partial charge in [-0.25, -0.2) is 14.3 Å². The molecule has 3 rings (SSSR count). The van der Waals surface area contributed by atoms with E-state index in [1.165, 1.54) is 16.8 Å². The second-order valence-electron chi connectivity index (χ2n) is 5.62. The zero-order chi connectivity index (χ0) is 18.5. The summed E-state index contributed by atoms with van der Waals surface area (Å²) in [6, 6.07) is 17.3. The first kappa shape index (κ1) is 17.2. The number of nitrogens with one attached hydrogen (secondary N) is 1. The second kappa shape index (κ2) is 7.52. The molecule has 1 aromatic heterocycles. The Kier molecular flexibility index (Phi) is 4.98. The molecule has 0 saturated heterocycles. The van der Waals surface area contributed by atoms with Crippen LogP contribution in [0.2, 0.25) is 0 Å². The molecule has 0 saturated carbocycles. The van der Waals surface area contributed by atoms with Crippen LogP contribution in [0.5, 0.6) is 0 Å². The summed E-state index contributed by atoms with van der Waals surface area (Å²) in [5.41, 5.74) is 2.39. The zero-order valence-electron chi connectivity index (χ0n) is 14.0. The van der Waals surface area contributed by atoms with E-state index < -0.39 is 12.1 Å². The summed E-state index contributed by atoms with van der Waals surface area (Å²) in [6.45, 7) is 1.95. The van der Waals surface area contributed by atoms with Crippen molar-refractivity contribution in [3.05, 3.63) is 77.5 Å². The van der Waals surface area contributed by atoms with Crippen molar-refractivity contribution in [2.75, 3.05) is 5.32 Å². The van der Waals surface area contributed by atoms with E-state index in [-0.39, 0.29) is 12.2 Å². The Morgan fingerprint density at radius 1 is 1.12 bits per heavy atom. The van der Waals surface area contributed by atoms with Crippen molar-refractivity contribution in [1.82, 2.24) is 9.78 Å². The first-order valence-electron chi connectivity index (χ1n) is 7.91. The molecule has 0 aliphatic heterocycles. The Hall–Kier alpha value is -3.61. The minimum atomic E-state index is -1.00. The third-order valence-corrected chi connectivity index (χ3v) is 3.63. The van der Waals surface area contributed by atoms with Crippen LogP contribution in [0.15, 0.2) is 60.7 Å². The van der Waals surface area contributed by atoms with Crippen LogP contribution in [-0.2, 0) is 11.3 Å². The number of aromatic nitrogens is 2. The van der Waals surface area contributed by atoms with Crippen LogP contribution >= 0.6 is 0 Å². The molecule has 0 bridgehead atoms.